The van der Waals surface area contributed by atoms with Crippen molar-refractivity contribution in [2.24, 2.45) is 0 Å². The van der Waals surface area contributed by atoms with Crippen molar-refractivity contribution in [2.75, 3.05) is 33.0 Å². The maximum atomic E-state index is 5.45. The Labute approximate surface area is 108 Å². The lowest BCUT2D eigenvalue weighted by Crippen LogP contribution is -2.20. The molecular weight excluding hydrogens is 234 g/mol. The normalized spacial score (nSPS) is 10.9. The van der Waals surface area contributed by atoms with E-state index in [4.69, 9.17) is 9.47 Å². The smallest absolute Gasteiger partial charge is 0.0701 e. The highest BCUT2D eigenvalue weighted by molar-refractivity contribution is 7.10. The predicted molar refractivity (Wildman–Crippen MR) is 72.7 cm³/mol. The van der Waals surface area contributed by atoms with E-state index in [1.165, 1.54) is 10.4 Å². The van der Waals surface area contributed by atoms with E-state index in [0.717, 1.165) is 32.7 Å². The van der Waals surface area contributed by atoms with Crippen LogP contribution in [0.4, 0.5) is 0 Å². The summed E-state index contributed by atoms with van der Waals surface area (Å²) < 4.78 is 10.8. The summed E-state index contributed by atoms with van der Waals surface area (Å²) in [6, 6.07) is 2.16. The summed E-state index contributed by atoms with van der Waals surface area (Å²) in [6.07, 6.45) is 1.07. The number of ether oxygens (including phenoxy) is 2. The number of aryl methyl sites for hydroxylation is 1. The Morgan fingerprint density at radius 2 is 1.94 bits per heavy atom. The Balaban J connectivity index is 1.86. The van der Waals surface area contributed by atoms with E-state index in [1.807, 2.05) is 0 Å². The topological polar surface area (TPSA) is 30.5 Å². The third kappa shape index (κ3) is 6.78. The second-order valence-electron chi connectivity index (χ2n) is 3.93. The zero-order valence-corrected chi connectivity index (χ0v) is 11.6. The maximum absolute atomic E-state index is 5.45. The third-order valence-corrected chi connectivity index (χ3v) is 3.42. The largest absolute Gasteiger partial charge is 0.379 e. The lowest BCUT2D eigenvalue weighted by Gasteiger charge is -2.06. The highest BCUT2D eigenvalue weighted by Crippen LogP contribution is 2.14. The number of thiophene rings is 1. The fraction of sp³-hybridized carbons (Fsp3) is 0.692. The first kappa shape index (κ1) is 14.6. The third-order valence-electron chi connectivity index (χ3n) is 2.40. The maximum Gasteiger partial charge on any atom is 0.0701 e. The summed E-state index contributed by atoms with van der Waals surface area (Å²) in [4.78, 5) is 1.41. The Morgan fingerprint density at radius 1 is 1.18 bits per heavy atom. The van der Waals surface area contributed by atoms with E-state index in [2.05, 4.69) is 30.6 Å². The van der Waals surface area contributed by atoms with Crippen LogP contribution in [0.15, 0.2) is 11.4 Å². The Morgan fingerprint density at radius 3 is 2.59 bits per heavy atom. The Kier molecular flexibility index (Phi) is 8.26. The zero-order valence-electron chi connectivity index (χ0n) is 10.8. The van der Waals surface area contributed by atoms with Gasteiger partial charge in [0, 0.05) is 24.6 Å². The average Bonchev–Trinajstić information content (AvgIpc) is 2.73. The highest BCUT2D eigenvalue weighted by Gasteiger charge is 1.98. The SMILES string of the molecule is CCCOCCOCCNCc1sccc1C. The first-order valence-corrected chi connectivity index (χ1v) is 7.11. The molecule has 0 aromatic carbocycles. The van der Waals surface area contributed by atoms with Crippen molar-refractivity contribution in [2.45, 2.75) is 26.8 Å². The van der Waals surface area contributed by atoms with Gasteiger partial charge in [0.15, 0.2) is 0 Å². The van der Waals surface area contributed by atoms with Gasteiger partial charge in [0.25, 0.3) is 0 Å². The molecule has 0 amide bonds. The van der Waals surface area contributed by atoms with Crippen molar-refractivity contribution in [1.29, 1.82) is 0 Å². The molecule has 1 rings (SSSR count). The molecule has 1 N–H and O–H groups in total. The van der Waals surface area contributed by atoms with Gasteiger partial charge < -0.3 is 14.8 Å². The lowest BCUT2D eigenvalue weighted by molar-refractivity contribution is 0.0490. The van der Waals surface area contributed by atoms with E-state index in [9.17, 15) is 0 Å². The first-order chi connectivity index (χ1) is 8.34. The molecule has 0 aliphatic rings. The molecule has 1 aromatic rings. The van der Waals surface area contributed by atoms with Gasteiger partial charge in [-0.25, -0.2) is 0 Å². The van der Waals surface area contributed by atoms with Gasteiger partial charge in [-0.15, -0.1) is 11.3 Å². The molecule has 0 bridgehead atoms. The van der Waals surface area contributed by atoms with Crippen molar-refractivity contribution in [3.05, 3.63) is 21.9 Å². The van der Waals surface area contributed by atoms with Crippen LogP contribution < -0.4 is 5.32 Å². The van der Waals surface area contributed by atoms with Crippen molar-refractivity contribution in [1.82, 2.24) is 5.32 Å². The monoisotopic (exact) mass is 257 g/mol. The summed E-state index contributed by atoms with van der Waals surface area (Å²) >= 11 is 1.80. The number of hydrogen-bond acceptors (Lipinski definition) is 4. The molecule has 0 aliphatic heterocycles. The molecule has 0 aliphatic carbocycles. The van der Waals surface area contributed by atoms with Crippen LogP contribution in [-0.2, 0) is 16.0 Å². The quantitative estimate of drug-likeness (QED) is 0.654. The summed E-state index contributed by atoms with van der Waals surface area (Å²) in [6.45, 7) is 9.08. The molecule has 0 saturated carbocycles. The first-order valence-electron chi connectivity index (χ1n) is 6.23. The molecule has 17 heavy (non-hydrogen) atoms. The molecule has 1 heterocycles. The van der Waals surface area contributed by atoms with E-state index in [1.54, 1.807) is 11.3 Å². The van der Waals surface area contributed by atoms with Gasteiger partial charge >= 0.3 is 0 Å². The van der Waals surface area contributed by atoms with Crippen molar-refractivity contribution >= 4 is 11.3 Å². The molecule has 0 atom stereocenters. The predicted octanol–water partition coefficient (Wildman–Crippen LogP) is 2.59. The van der Waals surface area contributed by atoms with Gasteiger partial charge in [0.1, 0.15) is 0 Å². The molecular formula is C13H23NO2S. The summed E-state index contributed by atoms with van der Waals surface area (Å²) in [5.41, 5.74) is 1.37. The fourth-order valence-corrected chi connectivity index (χ4v) is 2.27. The summed E-state index contributed by atoms with van der Waals surface area (Å²) in [7, 11) is 0. The van der Waals surface area contributed by atoms with Gasteiger partial charge in [0.05, 0.1) is 19.8 Å². The number of hydrogen-bond donors (Lipinski definition) is 1. The molecule has 0 unspecified atom stereocenters. The Bertz CT molecular complexity index is 289. The van der Waals surface area contributed by atoms with Crippen molar-refractivity contribution in [3.63, 3.8) is 0 Å². The van der Waals surface area contributed by atoms with Crippen molar-refractivity contribution in [3.8, 4) is 0 Å². The van der Waals surface area contributed by atoms with Gasteiger partial charge in [-0.1, -0.05) is 6.92 Å². The molecule has 1 aromatic heterocycles. The molecule has 0 fully saturated rings. The number of rotatable bonds is 10. The van der Waals surface area contributed by atoms with Crippen LogP contribution in [0.2, 0.25) is 0 Å². The van der Waals surface area contributed by atoms with Gasteiger partial charge in [-0.05, 0) is 30.4 Å². The molecule has 98 valence electrons. The summed E-state index contributed by atoms with van der Waals surface area (Å²) in [5.74, 6) is 0. The molecule has 3 nitrogen and oxygen atoms in total. The molecule has 0 saturated heterocycles. The second kappa shape index (κ2) is 9.59. The van der Waals surface area contributed by atoms with Crippen LogP contribution in [0.3, 0.4) is 0 Å². The molecule has 4 heteroatoms. The van der Waals surface area contributed by atoms with Gasteiger partial charge in [-0.2, -0.15) is 0 Å². The minimum atomic E-state index is 0.694. The van der Waals surface area contributed by atoms with Crippen LogP contribution in [0.25, 0.3) is 0 Å². The molecule has 0 spiro atoms. The van der Waals surface area contributed by atoms with Gasteiger partial charge in [-0.3, -0.25) is 0 Å². The Hall–Kier alpha value is -0.420. The van der Waals surface area contributed by atoms with E-state index >= 15 is 0 Å². The van der Waals surface area contributed by atoms with E-state index in [-0.39, 0.29) is 0 Å². The van der Waals surface area contributed by atoms with E-state index < -0.39 is 0 Å². The van der Waals surface area contributed by atoms with Crippen LogP contribution in [0.5, 0.6) is 0 Å². The highest BCUT2D eigenvalue weighted by atomic mass is 32.1. The second-order valence-corrected chi connectivity index (χ2v) is 4.93. The minimum Gasteiger partial charge on any atom is -0.379 e. The average molecular weight is 257 g/mol. The summed E-state index contributed by atoms with van der Waals surface area (Å²) in [5, 5.41) is 5.51. The number of nitrogens with one attached hydrogen (secondary N) is 1. The standard InChI is InChI=1S/C13H23NO2S/c1-3-6-15-8-9-16-7-5-14-11-13-12(2)4-10-17-13/h4,10,14H,3,5-9,11H2,1-2H3. The fourth-order valence-electron chi connectivity index (χ4n) is 1.40. The van der Waals surface area contributed by atoms with E-state index in [0.29, 0.717) is 13.2 Å². The van der Waals surface area contributed by atoms with Crippen LogP contribution in [-0.4, -0.2) is 33.0 Å². The van der Waals surface area contributed by atoms with Crippen LogP contribution in [0, 0.1) is 6.92 Å². The lowest BCUT2D eigenvalue weighted by atomic mass is 10.3. The van der Waals surface area contributed by atoms with Gasteiger partial charge in [0.2, 0.25) is 0 Å². The minimum absolute atomic E-state index is 0.694. The molecule has 0 radical (unpaired) electrons. The van der Waals surface area contributed by atoms with Crippen LogP contribution >= 0.6 is 11.3 Å². The zero-order chi connectivity index (χ0) is 12.3. The van der Waals surface area contributed by atoms with Crippen LogP contribution in [0.1, 0.15) is 23.8 Å². The van der Waals surface area contributed by atoms with Crippen molar-refractivity contribution < 1.29 is 9.47 Å².